The molecule has 43 heteroatoms. The molecule has 0 aromatic rings. The van der Waals surface area contributed by atoms with E-state index in [4.69, 9.17) is 51.7 Å². The largest absolute Gasteiger partial charge is 0.477 e. The van der Waals surface area contributed by atoms with Gasteiger partial charge in [-0.2, -0.15) is 0 Å². The lowest BCUT2D eigenvalue weighted by atomic mass is 9.84. The molecule has 27 atom stereocenters. The van der Waals surface area contributed by atoms with Crippen LogP contribution >= 0.6 is 7.82 Å². The first-order chi connectivity index (χ1) is 58.9. The Morgan fingerprint density at radius 2 is 0.766 bits per heavy atom. The fourth-order valence-electron chi connectivity index (χ4n) is 15.6. The molecule has 4 fully saturated rings. The van der Waals surface area contributed by atoms with Gasteiger partial charge >= 0.3 is 25.7 Å². The second kappa shape index (κ2) is 58.1. The van der Waals surface area contributed by atoms with Gasteiger partial charge in [-0.15, -0.1) is 0 Å². The highest BCUT2D eigenvalue weighted by atomic mass is 31.2. The third kappa shape index (κ3) is 36.1. The van der Waals surface area contributed by atoms with Crippen molar-refractivity contribution < 1.29 is 187 Å². The van der Waals surface area contributed by atoms with Crippen molar-refractivity contribution in [1.29, 1.82) is 0 Å². The Bertz CT molecular complexity index is 3160. The van der Waals surface area contributed by atoms with Gasteiger partial charge in [0.05, 0.1) is 75.0 Å². The number of phosphoric ester groups is 1. The van der Waals surface area contributed by atoms with Crippen molar-refractivity contribution in [2.75, 3.05) is 67.6 Å². The number of methoxy groups -OCH3 is 3. The summed E-state index contributed by atoms with van der Waals surface area (Å²) in [5.74, 6) is -21.2. The monoisotopic (exact) mass is 1810 g/mol. The van der Waals surface area contributed by atoms with E-state index in [-0.39, 0.29) is 6.42 Å². The van der Waals surface area contributed by atoms with Crippen LogP contribution in [0.4, 0.5) is 0 Å². The number of hydrogen-bond acceptors (Lipinski definition) is 34. The minimum Gasteiger partial charge on any atom is -0.477 e. The molecule has 23 N–H and O–H groups in total. The van der Waals surface area contributed by atoms with Gasteiger partial charge in [-0.3, -0.25) is 28.2 Å². The van der Waals surface area contributed by atoms with Crippen LogP contribution in [0.25, 0.3) is 0 Å². The first-order valence-corrected chi connectivity index (χ1v) is 45.2. The van der Waals surface area contributed by atoms with Crippen LogP contribution < -0.4 is 21.3 Å². The van der Waals surface area contributed by atoms with Crippen molar-refractivity contribution in [2.45, 2.75) is 390 Å². The van der Waals surface area contributed by atoms with Crippen LogP contribution in [0.1, 0.15) is 232 Å². The molecule has 3 saturated heterocycles. The fraction of sp³-hybridized carbons (Fsp3) is 0.889. The van der Waals surface area contributed by atoms with Crippen molar-refractivity contribution in [1.82, 2.24) is 21.3 Å². The van der Waals surface area contributed by atoms with E-state index in [1.807, 2.05) is 0 Å². The number of aliphatic carboxylic acids is 3. The lowest BCUT2D eigenvalue weighted by Crippen LogP contribution is -2.71. The number of amides is 4. The summed E-state index contributed by atoms with van der Waals surface area (Å²) in [6, 6.07) is -7.45. The number of phosphoric acid groups is 1. The van der Waals surface area contributed by atoms with Crippen molar-refractivity contribution in [3.63, 3.8) is 0 Å². The maximum absolute atomic E-state index is 14.1. The molecule has 722 valence electrons. The Morgan fingerprint density at radius 1 is 0.435 bits per heavy atom. The zero-order valence-electron chi connectivity index (χ0n) is 72.1. The zero-order valence-corrected chi connectivity index (χ0v) is 73.0. The van der Waals surface area contributed by atoms with Gasteiger partial charge in [-0.05, 0) is 19.3 Å². The molecule has 3 aliphatic heterocycles. The van der Waals surface area contributed by atoms with Gasteiger partial charge in [-0.25, -0.2) is 18.9 Å². The standard InChI is InChI=1S/C81H145N4O38P/c1-6-8-10-12-14-16-18-19-20-21-22-23-24-25-26-28-30-32-34-36-38-57(94)82-49(50(87)37-35-33-31-29-27-17-15-13-11-9-7-2)43-118-124(111,112)123-75-69(103)67(101)68(102)74(70(75)104)122-81(78(109)110)41-53(90)63(73(121-81)66(100)56(93)46-115-5)85-60(97)48-117-80(77(107)108)40-52(89)62(72(120-80)65(99)55(92)45-114-4)84-59(96)47-116-79(76(105)106)39-51(88)61(83-58(95)42-86)71(119-79)64(98)54(91)44-113-3/h35,37,49-56,61-75,86-93,98-104H,6-34,36,38-48H2,1-5H3,(H,82,94)(H,83,95)(H,84,96)(H,85,97)(H,105,106)(H,107,108)(H,109,110)(H,111,112). The number of hydrogen-bond donors (Lipinski definition) is 23. The minimum atomic E-state index is -5.70. The number of carboxylic acids is 3. The molecule has 4 aliphatic rings. The molecule has 1 saturated carbocycles. The number of allylic oxidation sites excluding steroid dienone is 1. The van der Waals surface area contributed by atoms with E-state index in [1.54, 1.807) is 6.08 Å². The molecule has 3 heterocycles. The van der Waals surface area contributed by atoms with Crippen molar-refractivity contribution >= 4 is 49.4 Å². The molecule has 4 amide bonds. The molecule has 0 spiro atoms. The van der Waals surface area contributed by atoms with Crippen molar-refractivity contribution in [2.24, 2.45) is 0 Å². The number of carbonyl (C=O) groups excluding carboxylic acids is 4. The van der Waals surface area contributed by atoms with Crippen LogP contribution in [-0.2, 0) is 89.8 Å². The minimum absolute atomic E-state index is 0.0136. The topological polar surface area (TPSA) is 671 Å². The van der Waals surface area contributed by atoms with Gasteiger partial charge in [0.15, 0.2) is 0 Å². The first kappa shape index (κ1) is 112. The predicted octanol–water partition coefficient (Wildman–Crippen LogP) is -0.758. The van der Waals surface area contributed by atoms with Crippen LogP contribution in [0.3, 0.4) is 0 Å². The average Bonchev–Trinajstić information content (AvgIpc) is 0.749. The van der Waals surface area contributed by atoms with Crippen molar-refractivity contribution in [3.8, 4) is 0 Å². The Balaban J connectivity index is 1.50. The summed E-state index contributed by atoms with van der Waals surface area (Å²) in [5, 5.41) is 209. The summed E-state index contributed by atoms with van der Waals surface area (Å²) in [5.41, 5.74) is 0. The first-order valence-electron chi connectivity index (χ1n) is 43.7. The molecule has 0 bridgehead atoms. The molecule has 1 aliphatic carbocycles. The predicted molar refractivity (Wildman–Crippen MR) is 435 cm³/mol. The van der Waals surface area contributed by atoms with Crippen LogP contribution in [0, 0.1) is 0 Å². The lowest BCUT2D eigenvalue weighted by molar-refractivity contribution is -0.350. The van der Waals surface area contributed by atoms with Gasteiger partial charge in [0.2, 0.25) is 23.6 Å². The molecule has 42 nitrogen and oxygen atoms in total. The summed E-state index contributed by atoms with van der Waals surface area (Å²) < 4.78 is 72.7. The van der Waals surface area contributed by atoms with Gasteiger partial charge in [0.1, 0.15) is 111 Å². The molecule has 0 aromatic heterocycles. The number of unbranched alkanes of at least 4 members (excludes halogenated alkanes) is 28. The Kier molecular flexibility index (Phi) is 52.2. The number of rotatable bonds is 66. The van der Waals surface area contributed by atoms with Crippen LogP contribution in [-0.4, -0.2) is 363 Å². The summed E-state index contributed by atoms with van der Waals surface area (Å²) in [7, 11) is -2.51. The number of aliphatic hydroxyl groups is 15. The quantitative estimate of drug-likeness (QED) is 0.0202. The molecule has 27 unspecified atom stereocenters. The Morgan fingerprint density at radius 3 is 1.12 bits per heavy atom. The molecular formula is C81H145N4O38P. The van der Waals surface area contributed by atoms with Gasteiger partial charge in [0, 0.05) is 47.0 Å². The second-order valence-electron chi connectivity index (χ2n) is 32.8. The maximum Gasteiger partial charge on any atom is 0.472 e. The van der Waals surface area contributed by atoms with Crippen LogP contribution in [0.2, 0.25) is 0 Å². The van der Waals surface area contributed by atoms with Gasteiger partial charge < -0.3 is 161 Å². The number of carbonyl (C=O) groups is 7. The number of nitrogens with one attached hydrogen (secondary N) is 4. The summed E-state index contributed by atoms with van der Waals surface area (Å²) in [6.07, 6.45) is -11.6. The van der Waals surface area contributed by atoms with E-state index < -0.39 is 272 Å². The third-order valence-corrected chi connectivity index (χ3v) is 23.8. The lowest BCUT2D eigenvalue weighted by Gasteiger charge is -2.50. The maximum atomic E-state index is 14.1. The van der Waals surface area contributed by atoms with E-state index in [2.05, 4.69) is 35.1 Å². The molecule has 0 aromatic carbocycles. The average molecular weight is 1810 g/mol. The Labute approximate surface area is 723 Å². The van der Waals surface area contributed by atoms with E-state index in [9.17, 15) is 135 Å². The summed E-state index contributed by atoms with van der Waals surface area (Å²) in [6.45, 7) is -2.96. The van der Waals surface area contributed by atoms with Crippen LogP contribution in [0.15, 0.2) is 12.2 Å². The fourth-order valence-corrected chi connectivity index (χ4v) is 16.6. The van der Waals surface area contributed by atoms with E-state index in [0.717, 1.165) is 105 Å². The highest BCUT2D eigenvalue weighted by Crippen LogP contribution is 2.49. The van der Waals surface area contributed by atoms with E-state index >= 15 is 0 Å². The van der Waals surface area contributed by atoms with E-state index in [1.165, 1.54) is 102 Å². The van der Waals surface area contributed by atoms with Gasteiger partial charge in [-0.1, -0.05) is 199 Å². The van der Waals surface area contributed by atoms with E-state index in [0.29, 0.717) is 12.8 Å². The molecule has 4 rings (SSSR count). The summed E-state index contributed by atoms with van der Waals surface area (Å²) >= 11 is 0. The smallest absolute Gasteiger partial charge is 0.472 e. The SMILES string of the molecule is CCCCCCCCCCCC=CC(O)C(COP(=O)(O)OC1C(O)C(O)C(O)C(OC2(C(=O)O)CC(O)C(NC(=O)COC3(C(=O)O)CC(O)C(NC(=O)COC4(C(=O)O)CC(O)C(NC(=O)CO)C(C(O)C(O)COC)O4)C(C(O)C(O)COC)O3)C(C(O)C(O)COC)O2)C1O)NC(=O)CCCCCCCCCCCCCCCCCCCCCC. The Hall–Kier alpha value is -4.82. The third-order valence-electron chi connectivity index (χ3n) is 22.8. The number of aliphatic hydroxyl groups excluding tert-OH is 15. The highest BCUT2D eigenvalue weighted by molar-refractivity contribution is 7.47. The molecule has 124 heavy (non-hydrogen) atoms. The highest BCUT2D eigenvalue weighted by Gasteiger charge is 2.63. The van der Waals surface area contributed by atoms with Crippen molar-refractivity contribution in [3.05, 3.63) is 12.2 Å². The second-order valence-corrected chi connectivity index (χ2v) is 34.3. The molecular weight excluding hydrogens is 1670 g/mol. The summed E-state index contributed by atoms with van der Waals surface area (Å²) in [4.78, 5) is 105. The number of ether oxygens (including phenoxy) is 9. The number of carboxylic acid groups (broad SMARTS) is 3. The zero-order chi connectivity index (χ0) is 92.3. The van der Waals surface area contributed by atoms with Crippen LogP contribution in [0.5, 0.6) is 0 Å². The normalized spacial score (nSPS) is 29.8. The molecule has 0 radical (unpaired) electrons. The van der Waals surface area contributed by atoms with Gasteiger partial charge in [0.25, 0.3) is 17.4 Å².